The molecule has 0 saturated heterocycles. The van der Waals surface area contributed by atoms with Crippen molar-refractivity contribution < 1.29 is 32.9 Å². The second-order valence-corrected chi connectivity index (χ2v) is 22.4. The van der Waals surface area contributed by atoms with Gasteiger partial charge >= 0.3 is 0 Å². The standard InChI is InChI=1S/C58H113N2O6P/c1-6-8-10-12-14-16-18-20-22-24-26-27-28-29-30-31-32-34-35-37-39-41-43-45-47-49-51-57(61)56(55-66-67(63,64)65-54-53-60(3,4)5)59-58(62)52-50-48-46-44-42-40-38-36-33-25-23-21-19-17-15-13-11-9-7-2/h15,17,21,23,49,51,56-57,61H,6-14,16,18-20,22,24-48,50,52-55H2,1-5H3,(H-,59,62,63,64)/b17-15-,23-21-,51-49+. The molecule has 0 aliphatic heterocycles. The van der Waals surface area contributed by atoms with Crippen LogP contribution in [0.3, 0.4) is 0 Å². The highest BCUT2D eigenvalue weighted by Gasteiger charge is 2.23. The molecule has 0 aromatic heterocycles. The Bertz CT molecular complexity index is 1190. The summed E-state index contributed by atoms with van der Waals surface area (Å²) in [6.07, 6.45) is 63.6. The third kappa shape index (κ3) is 52.4. The van der Waals surface area contributed by atoms with Gasteiger partial charge in [-0.25, -0.2) is 0 Å². The quantitative estimate of drug-likeness (QED) is 0.0272. The lowest BCUT2D eigenvalue weighted by Crippen LogP contribution is -2.45. The number of quaternary nitrogens is 1. The molecule has 9 heteroatoms. The molecule has 2 N–H and O–H groups in total. The van der Waals surface area contributed by atoms with Crippen LogP contribution in [0.2, 0.25) is 0 Å². The lowest BCUT2D eigenvalue weighted by molar-refractivity contribution is -0.870. The van der Waals surface area contributed by atoms with Crippen molar-refractivity contribution in [1.82, 2.24) is 5.32 Å². The second-order valence-electron chi connectivity index (χ2n) is 21.0. The van der Waals surface area contributed by atoms with Gasteiger partial charge in [-0.15, -0.1) is 0 Å². The van der Waals surface area contributed by atoms with E-state index in [1.165, 1.54) is 212 Å². The average molecular weight is 966 g/mol. The van der Waals surface area contributed by atoms with E-state index >= 15 is 0 Å². The molecule has 3 unspecified atom stereocenters. The Kier molecular flexibility index (Phi) is 48.7. The third-order valence-corrected chi connectivity index (χ3v) is 14.1. The summed E-state index contributed by atoms with van der Waals surface area (Å²) in [6, 6.07) is -0.889. The van der Waals surface area contributed by atoms with Gasteiger partial charge in [0.2, 0.25) is 5.91 Å². The Balaban J connectivity index is 4.20. The number of hydrogen-bond acceptors (Lipinski definition) is 6. The van der Waals surface area contributed by atoms with Crippen LogP contribution >= 0.6 is 7.82 Å². The van der Waals surface area contributed by atoms with Gasteiger partial charge in [0, 0.05) is 6.42 Å². The molecule has 1 amide bonds. The number of nitrogens with zero attached hydrogens (tertiary/aromatic N) is 1. The molecule has 0 aliphatic carbocycles. The van der Waals surface area contributed by atoms with E-state index in [0.29, 0.717) is 17.4 Å². The first-order valence-corrected chi connectivity index (χ1v) is 30.3. The van der Waals surface area contributed by atoms with Crippen LogP contribution in [0.1, 0.15) is 277 Å². The van der Waals surface area contributed by atoms with Gasteiger partial charge in [0.1, 0.15) is 13.2 Å². The number of carbonyl (C=O) groups is 1. The molecule has 3 atom stereocenters. The van der Waals surface area contributed by atoms with Crippen molar-refractivity contribution in [3.8, 4) is 0 Å². The molecule has 0 aliphatic rings. The summed E-state index contributed by atoms with van der Waals surface area (Å²) in [7, 11) is 1.26. The minimum Gasteiger partial charge on any atom is -0.756 e. The number of phosphoric acid groups is 1. The van der Waals surface area contributed by atoms with Gasteiger partial charge in [0.05, 0.1) is 39.9 Å². The first-order chi connectivity index (χ1) is 32.5. The zero-order valence-electron chi connectivity index (χ0n) is 45.1. The number of aliphatic hydroxyl groups excluding tert-OH is 1. The molecule has 0 spiro atoms. The normalized spacial score (nSPS) is 14.2. The Morgan fingerprint density at radius 3 is 1.27 bits per heavy atom. The van der Waals surface area contributed by atoms with Gasteiger partial charge in [0.15, 0.2) is 0 Å². The summed E-state index contributed by atoms with van der Waals surface area (Å²) in [5.41, 5.74) is 0. The van der Waals surface area contributed by atoms with E-state index in [1.807, 2.05) is 27.2 Å². The number of rotatable bonds is 53. The van der Waals surface area contributed by atoms with Crippen LogP contribution < -0.4 is 10.2 Å². The predicted molar refractivity (Wildman–Crippen MR) is 288 cm³/mol. The molecule has 0 radical (unpaired) electrons. The van der Waals surface area contributed by atoms with E-state index in [2.05, 4.69) is 43.5 Å². The fourth-order valence-electron chi connectivity index (χ4n) is 8.54. The van der Waals surface area contributed by atoms with Crippen molar-refractivity contribution in [2.45, 2.75) is 289 Å². The van der Waals surface area contributed by atoms with Crippen LogP contribution in [-0.4, -0.2) is 68.5 Å². The molecule has 0 bridgehead atoms. The van der Waals surface area contributed by atoms with Crippen molar-refractivity contribution in [3.63, 3.8) is 0 Å². The monoisotopic (exact) mass is 965 g/mol. The van der Waals surface area contributed by atoms with Crippen LogP contribution in [0.25, 0.3) is 0 Å². The van der Waals surface area contributed by atoms with Crippen molar-refractivity contribution in [1.29, 1.82) is 0 Å². The fourth-order valence-corrected chi connectivity index (χ4v) is 9.26. The van der Waals surface area contributed by atoms with E-state index in [4.69, 9.17) is 9.05 Å². The predicted octanol–water partition coefficient (Wildman–Crippen LogP) is 16.7. The van der Waals surface area contributed by atoms with E-state index in [0.717, 1.165) is 44.9 Å². The van der Waals surface area contributed by atoms with E-state index in [9.17, 15) is 19.4 Å². The van der Waals surface area contributed by atoms with Crippen molar-refractivity contribution in [2.75, 3.05) is 40.9 Å². The van der Waals surface area contributed by atoms with Gasteiger partial charge in [-0.05, 0) is 51.4 Å². The number of allylic oxidation sites excluding steroid dienone is 5. The number of nitrogens with one attached hydrogen (secondary N) is 1. The highest BCUT2D eigenvalue weighted by molar-refractivity contribution is 7.45. The maximum atomic E-state index is 13.0. The van der Waals surface area contributed by atoms with Gasteiger partial charge in [0.25, 0.3) is 7.82 Å². The number of phosphoric ester groups is 1. The lowest BCUT2D eigenvalue weighted by Gasteiger charge is -2.29. The smallest absolute Gasteiger partial charge is 0.268 e. The maximum absolute atomic E-state index is 13.0. The fraction of sp³-hybridized carbons (Fsp3) is 0.879. The van der Waals surface area contributed by atoms with Gasteiger partial charge in [-0.2, -0.15) is 0 Å². The summed E-state index contributed by atoms with van der Waals surface area (Å²) in [5.74, 6) is -0.199. The number of likely N-dealkylation sites (N-methyl/N-ethyl adjacent to an activating group) is 1. The Labute approximate surface area is 417 Å². The summed E-state index contributed by atoms with van der Waals surface area (Å²) in [6.45, 7) is 4.65. The molecular weight excluding hydrogens is 852 g/mol. The molecule has 0 aromatic carbocycles. The minimum absolute atomic E-state index is 0.00147. The number of hydrogen-bond donors (Lipinski definition) is 2. The van der Waals surface area contributed by atoms with Crippen molar-refractivity contribution >= 4 is 13.7 Å². The summed E-state index contributed by atoms with van der Waals surface area (Å²) in [5, 5.41) is 13.9. The van der Waals surface area contributed by atoms with Crippen LogP contribution in [0.4, 0.5) is 0 Å². The van der Waals surface area contributed by atoms with Gasteiger partial charge in [-0.3, -0.25) is 9.36 Å². The lowest BCUT2D eigenvalue weighted by atomic mass is 10.0. The van der Waals surface area contributed by atoms with E-state index < -0.39 is 20.0 Å². The van der Waals surface area contributed by atoms with Crippen LogP contribution in [0.5, 0.6) is 0 Å². The molecule has 8 nitrogen and oxygen atoms in total. The number of amides is 1. The third-order valence-electron chi connectivity index (χ3n) is 13.1. The first kappa shape index (κ1) is 65.7. The summed E-state index contributed by atoms with van der Waals surface area (Å²) >= 11 is 0. The zero-order chi connectivity index (χ0) is 49.2. The zero-order valence-corrected chi connectivity index (χ0v) is 46.0. The van der Waals surface area contributed by atoms with Crippen molar-refractivity contribution in [3.05, 3.63) is 36.5 Å². The molecule has 0 fully saturated rings. The van der Waals surface area contributed by atoms with Crippen LogP contribution in [0, 0.1) is 0 Å². The topological polar surface area (TPSA) is 108 Å². The highest BCUT2D eigenvalue weighted by Crippen LogP contribution is 2.38. The average Bonchev–Trinajstić information content (AvgIpc) is 3.29. The van der Waals surface area contributed by atoms with E-state index in [-0.39, 0.29) is 19.1 Å². The molecule has 396 valence electrons. The number of unbranched alkanes of at least 4 members (excludes halogenated alkanes) is 36. The molecule has 67 heavy (non-hydrogen) atoms. The molecule has 0 aromatic rings. The number of carbonyl (C=O) groups excluding carboxylic acids is 1. The maximum Gasteiger partial charge on any atom is 0.268 e. The largest absolute Gasteiger partial charge is 0.756 e. The van der Waals surface area contributed by atoms with Crippen molar-refractivity contribution in [2.24, 2.45) is 0 Å². The first-order valence-electron chi connectivity index (χ1n) is 28.9. The van der Waals surface area contributed by atoms with Crippen LogP contribution in [0.15, 0.2) is 36.5 Å². The highest BCUT2D eigenvalue weighted by atomic mass is 31.2. The Hall–Kier alpha value is -1.28. The Morgan fingerprint density at radius 2 is 0.866 bits per heavy atom. The number of aliphatic hydroxyl groups is 1. The van der Waals surface area contributed by atoms with Gasteiger partial charge < -0.3 is 28.8 Å². The minimum atomic E-state index is -4.60. The summed E-state index contributed by atoms with van der Waals surface area (Å²) < 4.78 is 23.4. The Morgan fingerprint density at radius 1 is 0.522 bits per heavy atom. The molecule has 0 rings (SSSR count). The van der Waals surface area contributed by atoms with Gasteiger partial charge in [-0.1, -0.05) is 256 Å². The molecular formula is C58H113N2O6P. The second kappa shape index (κ2) is 49.7. The SMILES string of the molecule is CCCCC/C=C\C/C=C\CCCCCCCCCCCC(=O)NC(COP(=O)([O-])OCC[N+](C)(C)C)C(O)/C=C/CCCCCCCCCCCCCCCCCCCCCCCCCC. The molecule has 0 heterocycles. The molecule has 0 saturated carbocycles. The van der Waals surface area contributed by atoms with Crippen LogP contribution in [-0.2, 0) is 18.4 Å². The summed E-state index contributed by atoms with van der Waals surface area (Å²) in [4.78, 5) is 25.5. The van der Waals surface area contributed by atoms with E-state index in [1.54, 1.807) is 6.08 Å².